The van der Waals surface area contributed by atoms with Crippen LogP contribution >= 0.6 is 11.6 Å². The molecule has 116 valence electrons. The zero-order valence-electron chi connectivity index (χ0n) is 12.4. The lowest BCUT2D eigenvalue weighted by Gasteiger charge is -2.36. The van der Waals surface area contributed by atoms with Gasteiger partial charge in [0.2, 0.25) is 0 Å². The van der Waals surface area contributed by atoms with Crippen molar-refractivity contribution in [2.75, 3.05) is 20.3 Å². The average molecular weight is 312 g/mol. The van der Waals surface area contributed by atoms with E-state index in [1.165, 1.54) is 6.42 Å². The Morgan fingerprint density at radius 1 is 1.14 bits per heavy atom. The molecule has 0 saturated heterocycles. The van der Waals surface area contributed by atoms with Gasteiger partial charge in [-0.1, -0.05) is 30.9 Å². The van der Waals surface area contributed by atoms with Crippen LogP contribution in [-0.2, 0) is 5.54 Å². The van der Waals surface area contributed by atoms with Gasteiger partial charge in [0.25, 0.3) is 0 Å². The largest absolute Gasteiger partial charge is 0.495 e. The maximum absolute atomic E-state index is 6.73. The SMILES string of the molecule is COc1c(Cl)cc2c(c1C1(N)CCCCC1)OCCCO2. The molecule has 4 nitrogen and oxygen atoms in total. The van der Waals surface area contributed by atoms with Crippen LogP contribution < -0.4 is 19.9 Å². The molecule has 0 aromatic heterocycles. The molecule has 21 heavy (non-hydrogen) atoms. The fraction of sp³-hybridized carbons (Fsp3) is 0.625. The van der Waals surface area contributed by atoms with Crippen LogP contribution in [0.4, 0.5) is 0 Å². The number of methoxy groups -OCH3 is 1. The molecule has 3 rings (SSSR count). The number of nitrogens with two attached hydrogens (primary N) is 1. The Bertz CT molecular complexity index is 527. The van der Waals surface area contributed by atoms with Gasteiger partial charge in [0.1, 0.15) is 5.75 Å². The van der Waals surface area contributed by atoms with Crippen LogP contribution in [0.5, 0.6) is 17.2 Å². The summed E-state index contributed by atoms with van der Waals surface area (Å²) >= 11 is 6.38. The van der Waals surface area contributed by atoms with Crippen LogP contribution in [0.3, 0.4) is 0 Å². The summed E-state index contributed by atoms with van der Waals surface area (Å²) in [6.07, 6.45) is 6.13. The molecule has 5 heteroatoms. The number of ether oxygens (including phenoxy) is 3. The molecule has 0 bridgehead atoms. The molecular weight excluding hydrogens is 290 g/mol. The van der Waals surface area contributed by atoms with Crippen molar-refractivity contribution >= 4 is 11.6 Å². The van der Waals surface area contributed by atoms with Crippen molar-refractivity contribution in [1.29, 1.82) is 0 Å². The van der Waals surface area contributed by atoms with Gasteiger partial charge in [0.15, 0.2) is 11.5 Å². The lowest BCUT2D eigenvalue weighted by atomic mass is 9.76. The third kappa shape index (κ3) is 2.67. The van der Waals surface area contributed by atoms with E-state index in [0.717, 1.165) is 43.4 Å². The van der Waals surface area contributed by atoms with Gasteiger partial charge in [0.05, 0.1) is 30.9 Å². The van der Waals surface area contributed by atoms with E-state index in [4.69, 9.17) is 31.5 Å². The van der Waals surface area contributed by atoms with Crippen molar-refractivity contribution in [3.05, 3.63) is 16.7 Å². The summed E-state index contributed by atoms with van der Waals surface area (Å²) in [6.45, 7) is 1.26. The fourth-order valence-corrected chi connectivity index (χ4v) is 3.61. The maximum atomic E-state index is 6.73. The van der Waals surface area contributed by atoms with Gasteiger partial charge in [-0.15, -0.1) is 0 Å². The van der Waals surface area contributed by atoms with Gasteiger partial charge in [0, 0.05) is 18.0 Å². The highest BCUT2D eigenvalue weighted by atomic mass is 35.5. The first kappa shape index (κ1) is 14.8. The van der Waals surface area contributed by atoms with Crippen LogP contribution in [0, 0.1) is 0 Å². The first-order chi connectivity index (χ1) is 10.2. The van der Waals surface area contributed by atoms with Crippen molar-refractivity contribution in [3.8, 4) is 17.2 Å². The van der Waals surface area contributed by atoms with Crippen molar-refractivity contribution in [2.24, 2.45) is 5.73 Å². The van der Waals surface area contributed by atoms with E-state index < -0.39 is 5.54 Å². The normalized spacial score (nSPS) is 20.7. The van der Waals surface area contributed by atoms with Gasteiger partial charge in [-0.3, -0.25) is 0 Å². The molecule has 1 heterocycles. The van der Waals surface area contributed by atoms with Crippen LogP contribution in [0.2, 0.25) is 5.02 Å². The highest BCUT2D eigenvalue weighted by Gasteiger charge is 2.38. The Morgan fingerprint density at radius 2 is 1.86 bits per heavy atom. The standard InChI is InChI=1S/C16H22ClNO3/c1-19-14-11(17)10-12-15(21-9-5-8-20-12)13(14)16(18)6-3-2-4-7-16/h10H,2-9,18H2,1H3. The predicted octanol–water partition coefficient (Wildman–Crippen LogP) is 3.63. The molecule has 0 spiro atoms. The Hall–Kier alpha value is -1.13. The molecule has 2 N–H and O–H groups in total. The molecule has 1 aromatic rings. The summed E-state index contributed by atoms with van der Waals surface area (Å²) in [5, 5.41) is 0.534. The number of hydrogen-bond donors (Lipinski definition) is 1. The second-order valence-corrected chi connectivity index (χ2v) is 6.27. The van der Waals surface area contributed by atoms with Gasteiger partial charge in [-0.2, -0.15) is 0 Å². The summed E-state index contributed by atoms with van der Waals surface area (Å²) in [4.78, 5) is 0. The number of rotatable bonds is 2. The molecule has 1 saturated carbocycles. The summed E-state index contributed by atoms with van der Waals surface area (Å²) < 4.78 is 17.3. The van der Waals surface area contributed by atoms with Crippen LogP contribution in [0.15, 0.2) is 6.07 Å². The molecule has 1 aromatic carbocycles. The summed E-state index contributed by atoms with van der Waals surface area (Å²) in [7, 11) is 1.63. The minimum atomic E-state index is -0.452. The van der Waals surface area contributed by atoms with Crippen LogP contribution in [0.25, 0.3) is 0 Å². The number of hydrogen-bond acceptors (Lipinski definition) is 4. The Labute approximate surface area is 130 Å². The van der Waals surface area contributed by atoms with E-state index in [-0.39, 0.29) is 0 Å². The monoisotopic (exact) mass is 311 g/mol. The minimum Gasteiger partial charge on any atom is -0.495 e. The summed E-state index contributed by atoms with van der Waals surface area (Å²) in [5.74, 6) is 2.03. The quantitative estimate of drug-likeness (QED) is 0.906. The molecular formula is C16H22ClNO3. The van der Waals surface area contributed by atoms with Gasteiger partial charge in [-0.25, -0.2) is 0 Å². The highest BCUT2D eigenvalue weighted by molar-refractivity contribution is 6.32. The maximum Gasteiger partial charge on any atom is 0.170 e. The van der Waals surface area contributed by atoms with Gasteiger partial charge < -0.3 is 19.9 Å². The van der Waals surface area contributed by atoms with Crippen molar-refractivity contribution in [1.82, 2.24) is 0 Å². The zero-order chi connectivity index (χ0) is 14.9. The third-order valence-corrected chi connectivity index (χ3v) is 4.67. The topological polar surface area (TPSA) is 53.7 Å². The summed E-state index contributed by atoms with van der Waals surface area (Å²) in [6, 6.07) is 1.77. The van der Waals surface area contributed by atoms with E-state index in [1.54, 1.807) is 13.2 Å². The van der Waals surface area contributed by atoms with Crippen molar-refractivity contribution in [3.63, 3.8) is 0 Å². The molecule has 1 aliphatic heterocycles. The highest BCUT2D eigenvalue weighted by Crippen LogP contribution is 2.51. The minimum absolute atomic E-state index is 0.452. The second kappa shape index (κ2) is 5.93. The second-order valence-electron chi connectivity index (χ2n) is 5.86. The molecule has 1 aliphatic carbocycles. The zero-order valence-corrected chi connectivity index (χ0v) is 13.2. The number of halogens is 1. The fourth-order valence-electron chi connectivity index (χ4n) is 3.34. The Morgan fingerprint density at radius 3 is 2.57 bits per heavy atom. The Kier molecular flexibility index (Phi) is 4.18. The van der Waals surface area contributed by atoms with E-state index >= 15 is 0 Å². The predicted molar refractivity (Wildman–Crippen MR) is 82.6 cm³/mol. The summed E-state index contributed by atoms with van der Waals surface area (Å²) in [5.41, 5.74) is 7.16. The Balaban J connectivity index is 2.17. The molecule has 2 aliphatic rings. The van der Waals surface area contributed by atoms with Gasteiger partial charge in [-0.05, 0) is 12.8 Å². The molecule has 1 fully saturated rings. The number of fused-ring (bicyclic) bond motifs is 1. The lowest BCUT2D eigenvalue weighted by molar-refractivity contribution is 0.262. The first-order valence-corrected chi connectivity index (χ1v) is 7.99. The van der Waals surface area contributed by atoms with Crippen LogP contribution in [-0.4, -0.2) is 20.3 Å². The molecule has 0 atom stereocenters. The van der Waals surface area contributed by atoms with Crippen LogP contribution in [0.1, 0.15) is 44.1 Å². The lowest BCUT2D eigenvalue weighted by Crippen LogP contribution is -2.39. The van der Waals surface area contributed by atoms with Crippen molar-refractivity contribution in [2.45, 2.75) is 44.1 Å². The molecule has 0 amide bonds. The molecule has 0 unspecified atom stereocenters. The molecule has 0 radical (unpaired) electrons. The number of benzene rings is 1. The van der Waals surface area contributed by atoms with E-state index in [2.05, 4.69) is 0 Å². The first-order valence-electron chi connectivity index (χ1n) is 7.61. The van der Waals surface area contributed by atoms with Gasteiger partial charge >= 0.3 is 0 Å². The smallest absolute Gasteiger partial charge is 0.170 e. The van der Waals surface area contributed by atoms with E-state index in [0.29, 0.717) is 29.7 Å². The average Bonchev–Trinajstić information content (AvgIpc) is 2.71. The van der Waals surface area contributed by atoms with E-state index in [1.807, 2.05) is 0 Å². The third-order valence-electron chi connectivity index (χ3n) is 4.39. The van der Waals surface area contributed by atoms with Crippen molar-refractivity contribution < 1.29 is 14.2 Å². The van der Waals surface area contributed by atoms with E-state index in [9.17, 15) is 0 Å².